The molecule has 0 radical (unpaired) electrons. The van der Waals surface area contributed by atoms with Crippen molar-refractivity contribution in [3.8, 4) is 11.1 Å². The van der Waals surface area contributed by atoms with Crippen molar-refractivity contribution in [1.29, 1.82) is 0 Å². The van der Waals surface area contributed by atoms with E-state index in [2.05, 4.69) is 19.6 Å². The second-order valence-corrected chi connectivity index (χ2v) is 8.28. The molecular weight excluding hydrogens is 379 g/mol. The van der Waals surface area contributed by atoms with Gasteiger partial charge in [-0.3, -0.25) is 0 Å². The Bertz CT molecular complexity index is 968. The van der Waals surface area contributed by atoms with Crippen LogP contribution in [0.5, 0.6) is 0 Å². The van der Waals surface area contributed by atoms with Gasteiger partial charge in [-0.2, -0.15) is 0 Å². The van der Waals surface area contributed by atoms with Gasteiger partial charge in [-0.05, 0) is 43.2 Å². The fourth-order valence-corrected chi connectivity index (χ4v) is 4.52. The topological polar surface area (TPSA) is 81.2 Å². The second-order valence-electron chi connectivity index (χ2n) is 6.95. The second kappa shape index (κ2) is 8.38. The van der Waals surface area contributed by atoms with Crippen LogP contribution in [0.3, 0.4) is 0 Å². The molecule has 3 aromatic rings. The molecule has 148 valence electrons. The standard InChI is InChI=1S/C20H23FN4O2S/c21-15-2-3-17-18(13-22-19(17)11-15)14-1-4-20(23-12-14)25-7-5-16(6-8-25)24-28(27)10-9-26/h1-4,11-13,16,22,24,26H,5-10H2. The van der Waals surface area contributed by atoms with Gasteiger partial charge >= 0.3 is 0 Å². The molecule has 0 spiro atoms. The van der Waals surface area contributed by atoms with Crippen LogP contribution >= 0.6 is 0 Å². The lowest BCUT2D eigenvalue weighted by Crippen LogP contribution is -2.44. The van der Waals surface area contributed by atoms with Gasteiger partial charge in [0, 0.05) is 53.6 Å². The van der Waals surface area contributed by atoms with Crippen molar-refractivity contribution >= 4 is 27.7 Å². The molecule has 1 saturated heterocycles. The van der Waals surface area contributed by atoms with Gasteiger partial charge in [-0.25, -0.2) is 18.3 Å². The first kappa shape index (κ1) is 19.0. The predicted molar refractivity (Wildman–Crippen MR) is 110 cm³/mol. The number of nitrogens with one attached hydrogen (secondary N) is 2. The van der Waals surface area contributed by atoms with Crippen LogP contribution in [-0.2, 0) is 11.0 Å². The molecule has 0 bridgehead atoms. The SMILES string of the molecule is O=S(CCO)NC1CCN(c2ccc(-c3c[nH]c4cc(F)ccc34)cn2)CC1. The summed E-state index contributed by atoms with van der Waals surface area (Å²) in [7, 11) is -1.17. The van der Waals surface area contributed by atoms with Crippen molar-refractivity contribution in [2.24, 2.45) is 0 Å². The summed E-state index contributed by atoms with van der Waals surface area (Å²) >= 11 is 0. The van der Waals surface area contributed by atoms with E-state index in [4.69, 9.17) is 5.11 Å². The van der Waals surface area contributed by atoms with Crippen LogP contribution in [0.4, 0.5) is 10.2 Å². The van der Waals surface area contributed by atoms with Crippen molar-refractivity contribution in [2.45, 2.75) is 18.9 Å². The highest BCUT2D eigenvalue weighted by Gasteiger charge is 2.21. The van der Waals surface area contributed by atoms with Crippen LogP contribution in [0.1, 0.15) is 12.8 Å². The maximum absolute atomic E-state index is 13.4. The van der Waals surface area contributed by atoms with Gasteiger partial charge < -0.3 is 15.0 Å². The fourth-order valence-electron chi connectivity index (χ4n) is 3.62. The number of halogens is 1. The molecule has 0 saturated carbocycles. The molecule has 0 amide bonds. The Morgan fingerprint density at radius 1 is 1.29 bits per heavy atom. The van der Waals surface area contributed by atoms with Gasteiger partial charge in [0.25, 0.3) is 0 Å². The number of aromatic amines is 1. The van der Waals surface area contributed by atoms with E-state index in [1.807, 2.05) is 24.5 Å². The Kier molecular flexibility index (Phi) is 5.70. The Labute approximate surface area is 165 Å². The fraction of sp³-hybridized carbons (Fsp3) is 0.350. The average Bonchev–Trinajstić information content (AvgIpc) is 3.12. The summed E-state index contributed by atoms with van der Waals surface area (Å²) in [6.07, 6.45) is 5.50. The van der Waals surface area contributed by atoms with Gasteiger partial charge in [0.2, 0.25) is 0 Å². The number of benzene rings is 1. The van der Waals surface area contributed by atoms with E-state index < -0.39 is 11.0 Å². The number of pyridine rings is 1. The summed E-state index contributed by atoms with van der Waals surface area (Å²) in [5.41, 5.74) is 2.76. The number of nitrogens with zero attached hydrogens (tertiary/aromatic N) is 2. The molecule has 1 aromatic carbocycles. The third-order valence-electron chi connectivity index (χ3n) is 5.10. The van der Waals surface area contributed by atoms with Crippen molar-refractivity contribution in [2.75, 3.05) is 30.3 Å². The van der Waals surface area contributed by atoms with Crippen LogP contribution in [-0.4, -0.2) is 50.8 Å². The smallest absolute Gasteiger partial charge is 0.128 e. The number of fused-ring (bicyclic) bond motifs is 1. The van der Waals surface area contributed by atoms with Crippen molar-refractivity contribution in [3.05, 3.63) is 48.5 Å². The first-order valence-electron chi connectivity index (χ1n) is 9.37. The lowest BCUT2D eigenvalue weighted by Gasteiger charge is -2.33. The summed E-state index contributed by atoms with van der Waals surface area (Å²) in [6.45, 7) is 1.61. The largest absolute Gasteiger partial charge is 0.395 e. The van der Waals surface area contributed by atoms with Gasteiger partial charge in [-0.15, -0.1) is 0 Å². The zero-order valence-electron chi connectivity index (χ0n) is 15.4. The molecule has 0 aliphatic carbocycles. The number of aliphatic hydroxyl groups is 1. The summed E-state index contributed by atoms with van der Waals surface area (Å²) < 4.78 is 28.2. The highest BCUT2D eigenvalue weighted by atomic mass is 32.2. The Morgan fingerprint density at radius 2 is 2.11 bits per heavy atom. The molecule has 4 rings (SSSR count). The number of piperidine rings is 1. The zero-order chi connectivity index (χ0) is 19.5. The molecule has 6 nitrogen and oxygen atoms in total. The van der Waals surface area contributed by atoms with Gasteiger partial charge in [0.15, 0.2) is 0 Å². The van der Waals surface area contributed by atoms with Gasteiger partial charge in [-0.1, -0.05) is 0 Å². The lowest BCUT2D eigenvalue weighted by molar-refractivity contribution is 0.320. The van der Waals surface area contributed by atoms with Gasteiger partial charge in [0.05, 0.1) is 23.3 Å². The number of rotatable bonds is 6. The quantitative estimate of drug-likeness (QED) is 0.592. The van der Waals surface area contributed by atoms with Crippen LogP contribution in [0, 0.1) is 5.82 Å². The monoisotopic (exact) mass is 402 g/mol. The van der Waals surface area contributed by atoms with E-state index in [1.165, 1.54) is 12.1 Å². The number of hydrogen-bond donors (Lipinski definition) is 3. The molecular formula is C20H23FN4O2S. The molecule has 2 aromatic heterocycles. The maximum Gasteiger partial charge on any atom is 0.128 e. The lowest BCUT2D eigenvalue weighted by atomic mass is 10.1. The molecule has 3 heterocycles. The van der Waals surface area contributed by atoms with Crippen LogP contribution in [0.15, 0.2) is 42.7 Å². The predicted octanol–water partition coefficient (Wildman–Crippen LogP) is 2.58. The molecule has 28 heavy (non-hydrogen) atoms. The Hall–Kier alpha value is -2.29. The van der Waals surface area contributed by atoms with Crippen molar-refractivity contribution in [3.63, 3.8) is 0 Å². The van der Waals surface area contributed by atoms with E-state index in [1.54, 1.807) is 6.07 Å². The number of H-pyrrole nitrogens is 1. The normalized spacial score (nSPS) is 16.6. The van der Waals surface area contributed by atoms with Crippen LogP contribution < -0.4 is 9.62 Å². The molecule has 8 heteroatoms. The van der Waals surface area contributed by atoms with E-state index in [0.29, 0.717) is 0 Å². The van der Waals surface area contributed by atoms with E-state index in [0.717, 1.165) is 53.8 Å². The van der Waals surface area contributed by atoms with E-state index >= 15 is 0 Å². The zero-order valence-corrected chi connectivity index (χ0v) is 16.2. The van der Waals surface area contributed by atoms with Crippen molar-refractivity contribution < 1.29 is 13.7 Å². The van der Waals surface area contributed by atoms with E-state index in [9.17, 15) is 8.60 Å². The molecule has 1 aliphatic rings. The third kappa shape index (κ3) is 4.09. The minimum Gasteiger partial charge on any atom is -0.395 e. The summed E-state index contributed by atoms with van der Waals surface area (Å²) in [6, 6.07) is 8.99. The first-order chi connectivity index (χ1) is 13.6. The number of hydrogen-bond acceptors (Lipinski definition) is 4. The highest BCUT2D eigenvalue weighted by molar-refractivity contribution is 7.83. The molecule has 3 N–H and O–H groups in total. The molecule has 1 aliphatic heterocycles. The van der Waals surface area contributed by atoms with Crippen LogP contribution in [0.2, 0.25) is 0 Å². The number of aromatic nitrogens is 2. The summed E-state index contributed by atoms with van der Waals surface area (Å²) in [4.78, 5) is 9.96. The van der Waals surface area contributed by atoms with Crippen LogP contribution in [0.25, 0.3) is 22.0 Å². The number of aliphatic hydroxyl groups excluding tert-OH is 1. The number of anilines is 1. The Morgan fingerprint density at radius 3 is 2.82 bits per heavy atom. The summed E-state index contributed by atoms with van der Waals surface area (Å²) in [5.74, 6) is 0.931. The maximum atomic E-state index is 13.4. The molecule has 1 atom stereocenters. The minimum atomic E-state index is -1.17. The van der Waals surface area contributed by atoms with Crippen molar-refractivity contribution in [1.82, 2.24) is 14.7 Å². The highest BCUT2D eigenvalue weighted by Crippen LogP contribution is 2.29. The molecule has 1 fully saturated rings. The average molecular weight is 402 g/mol. The summed E-state index contributed by atoms with van der Waals surface area (Å²) in [5, 5.41) is 9.82. The minimum absolute atomic E-state index is 0.0694. The molecule has 1 unspecified atom stereocenters. The third-order valence-corrected chi connectivity index (χ3v) is 6.25. The Balaban J connectivity index is 1.42. The van der Waals surface area contributed by atoms with E-state index in [-0.39, 0.29) is 24.2 Å². The first-order valence-corrected chi connectivity index (χ1v) is 10.7. The van der Waals surface area contributed by atoms with Gasteiger partial charge in [0.1, 0.15) is 11.6 Å².